The van der Waals surface area contributed by atoms with Crippen LogP contribution in [0, 0.1) is 11.8 Å². The van der Waals surface area contributed by atoms with E-state index in [4.69, 9.17) is 10.5 Å². The first kappa shape index (κ1) is 16.6. The third-order valence-corrected chi connectivity index (χ3v) is 4.30. The van der Waals surface area contributed by atoms with Crippen molar-refractivity contribution < 1.29 is 9.53 Å². The van der Waals surface area contributed by atoms with Gasteiger partial charge in [0.05, 0.1) is 18.8 Å². The standard InChI is InChI=1S/C17H27N3O2/c1-12(2)16(18)17(21)19-10-13-8-9-20(11-13)14-6-4-5-7-15(14)22-3/h4-7,12-13,16H,8-11,18H2,1-3H3,(H,19,21)/t13?,16-/m0/s1. The summed E-state index contributed by atoms with van der Waals surface area (Å²) in [7, 11) is 1.69. The van der Waals surface area contributed by atoms with E-state index in [1.54, 1.807) is 7.11 Å². The van der Waals surface area contributed by atoms with E-state index in [2.05, 4.69) is 16.3 Å². The predicted molar refractivity (Wildman–Crippen MR) is 89.1 cm³/mol. The highest BCUT2D eigenvalue weighted by molar-refractivity contribution is 5.81. The first-order valence-electron chi connectivity index (χ1n) is 7.94. The van der Waals surface area contributed by atoms with E-state index < -0.39 is 6.04 Å². The van der Waals surface area contributed by atoms with Gasteiger partial charge in [-0.1, -0.05) is 26.0 Å². The van der Waals surface area contributed by atoms with Gasteiger partial charge in [0.1, 0.15) is 5.75 Å². The van der Waals surface area contributed by atoms with Crippen molar-refractivity contribution in [3.8, 4) is 5.75 Å². The predicted octanol–water partition coefficient (Wildman–Crippen LogP) is 1.62. The second-order valence-electron chi connectivity index (χ2n) is 6.29. The number of hydrogen-bond acceptors (Lipinski definition) is 4. The second-order valence-corrected chi connectivity index (χ2v) is 6.29. The van der Waals surface area contributed by atoms with Gasteiger partial charge in [-0.2, -0.15) is 0 Å². The molecule has 0 saturated carbocycles. The minimum Gasteiger partial charge on any atom is -0.495 e. The molecule has 0 spiro atoms. The monoisotopic (exact) mass is 305 g/mol. The van der Waals surface area contributed by atoms with Gasteiger partial charge in [0.15, 0.2) is 0 Å². The Balaban J connectivity index is 1.87. The molecule has 1 aromatic rings. The Labute approximate surface area is 132 Å². The van der Waals surface area contributed by atoms with E-state index in [1.807, 2.05) is 32.0 Å². The molecule has 5 nitrogen and oxygen atoms in total. The average molecular weight is 305 g/mol. The van der Waals surface area contributed by atoms with E-state index in [-0.39, 0.29) is 11.8 Å². The van der Waals surface area contributed by atoms with Gasteiger partial charge in [-0.15, -0.1) is 0 Å². The number of anilines is 1. The molecule has 0 aromatic heterocycles. The Morgan fingerprint density at radius 1 is 1.45 bits per heavy atom. The lowest BCUT2D eigenvalue weighted by Gasteiger charge is -2.21. The van der Waals surface area contributed by atoms with E-state index >= 15 is 0 Å². The lowest BCUT2D eigenvalue weighted by atomic mass is 10.0. The minimum absolute atomic E-state index is 0.0502. The Morgan fingerprint density at radius 3 is 2.86 bits per heavy atom. The minimum atomic E-state index is -0.424. The van der Waals surface area contributed by atoms with Crippen LogP contribution in [0.1, 0.15) is 20.3 Å². The molecule has 22 heavy (non-hydrogen) atoms. The number of ether oxygens (including phenoxy) is 1. The fourth-order valence-corrected chi connectivity index (χ4v) is 2.77. The number of amides is 1. The molecule has 1 amide bonds. The van der Waals surface area contributed by atoms with Crippen LogP contribution in [0.2, 0.25) is 0 Å². The zero-order chi connectivity index (χ0) is 16.1. The molecule has 3 N–H and O–H groups in total. The van der Waals surface area contributed by atoms with Crippen molar-refractivity contribution in [1.29, 1.82) is 0 Å². The molecule has 1 unspecified atom stereocenters. The number of nitrogens with two attached hydrogens (primary N) is 1. The molecule has 1 saturated heterocycles. The van der Waals surface area contributed by atoms with Crippen LogP contribution in [0.3, 0.4) is 0 Å². The fraction of sp³-hybridized carbons (Fsp3) is 0.588. The lowest BCUT2D eigenvalue weighted by Crippen LogP contribution is -2.45. The highest BCUT2D eigenvalue weighted by atomic mass is 16.5. The van der Waals surface area contributed by atoms with Gasteiger partial charge in [0, 0.05) is 19.6 Å². The van der Waals surface area contributed by atoms with Crippen LogP contribution in [-0.2, 0) is 4.79 Å². The van der Waals surface area contributed by atoms with Crippen molar-refractivity contribution in [1.82, 2.24) is 5.32 Å². The fourth-order valence-electron chi connectivity index (χ4n) is 2.77. The van der Waals surface area contributed by atoms with E-state index in [1.165, 1.54) is 0 Å². The van der Waals surface area contributed by atoms with Crippen LogP contribution in [0.25, 0.3) is 0 Å². The summed E-state index contributed by atoms with van der Waals surface area (Å²) in [5.41, 5.74) is 6.98. The number of methoxy groups -OCH3 is 1. The summed E-state index contributed by atoms with van der Waals surface area (Å²) in [6.07, 6.45) is 1.06. The molecule has 1 fully saturated rings. The summed E-state index contributed by atoms with van der Waals surface area (Å²) in [5, 5.41) is 2.98. The third kappa shape index (κ3) is 3.91. The second kappa shape index (κ2) is 7.49. The summed E-state index contributed by atoms with van der Waals surface area (Å²) >= 11 is 0. The summed E-state index contributed by atoms with van der Waals surface area (Å²) in [6, 6.07) is 7.63. The lowest BCUT2D eigenvalue weighted by molar-refractivity contribution is -0.123. The van der Waals surface area contributed by atoms with Crippen LogP contribution in [0.5, 0.6) is 5.75 Å². The molecule has 2 atom stereocenters. The van der Waals surface area contributed by atoms with Gasteiger partial charge in [-0.3, -0.25) is 4.79 Å². The Kier molecular flexibility index (Phi) is 5.66. The number of rotatable bonds is 6. The molecule has 0 bridgehead atoms. The topological polar surface area (TPSA) is 67.6 Å². The zero-order valence-electron chi connectivity index (χ0n) is 13.7. The quantitative estimate of drug-likeness (QED) is 0.838. The van der Waals surface area contributed by atoms with Crippen molar-refractivity contribution >= 4 is 11.6 Å². The van der Waals surface area contributed by atoms with Crippen molar-refractivity contribution in [2.24, 2.45) is 17.6 Å². The SMILES string of the molecule is COc1ccccc1N1CCC(CNC(=O)[C@@H](N)C(C)C)C1. The molecule has 122 valence electrons. The van der Waals surface area contributed by atoms with Crippen molar-refractivity contribution in [3.05, 3.63) is 24.3 Å². The number of nitrogens with zero attached hydrogens (tertiary/aromatic N) is 1. The molecule has 1 heterocycles. The van der Waals surface area contributed by atoms with Gasteiger partial charge >= 0.3 is 0 Å². The summed E-state index contributed by atoms with van der Waals surface area (Å²) in [4.78, 5) is 14.2. The maximum Gasteiger partial charge on any atom is 0.237 e. The zero-order valence-corrected chi connectivity index (χ0v) is 13.7. The third-order valence-electron chi connectivity index (χ3n) is 4.30. The maximum absolute atomic E-state index is 11.9. The molecule has 1 aromatic carbocycles. The van der Waals surface area contributed by atoms with Crippen LogP contribution in [0.15, 0.2) is 24.3 Å². The molecule has 1 aliphatic rings. The average Bonchev–Trinajstić information content (AvgIpc) is 3.00. The molecule has 5 heteroatoms. The number of para-hydroxylation sites is 2. The van der Waals surface area contributed by atoms with Crippen LogP contribution in [0.4, 0.5) is 5.69 Å². The van der Waals surface area contributed by atoms with Crippen molar-refractivity contribution in [2.75, 3.05) is 31.6 Å². The van der Waals surface area contributed by atoms with Gasteiger partial charge in [0.25, 0.3) is 0 Å². The Bertz CT molecular complexity index is 504. The molecule has 0 aliphatic carbocycles. The Hall–Kier alpha value is -1.75. The van der Waals surface area contributed by atoms with Gasteiger partial charge < -0.3 is 20.7 Å². The van der Waals surface area contributed by atoms with Crippen molar-refractivity contribution in [2.45, 2.75) is 26.3 Å². The number of carbonyl (C=O) groups excluding carboxylic acids is 1. The van der Waals surface area contributed by atoms with Gasteiger partial charge in [0.2, 0.25) is 5.91 Å². The number of benzene rings is 1. The first-order chi connectivity index (χ1) is 10.5. The van der Waals surface area contributed by atoms with Gasteiger partial charge in [-0.25, -0.2) is 0 Å². The van der Waals surface area contributed by atoms with E-state index in [9.17, 15) is 4.79 Å². The smallest absolute Gasteiger partial charge is 0.237 e. The maximum atomic E-state index is 11.9. The van der Waals surface area contributed by atoms with E-state index in [0.717, 1.165) is 30.9 Å². The number of nitrogens with one attached hydrogen (secondary N) is 1. The largest absolute Gasteiger partial charge is 0.495 e. The molecule has 1 aliphatic heterocycles. The molecular weight excluding hydrogens is 278 g/mol. The highest BCUT2D eigenvalue weighted by Gasteiger charge is 2.26. The number of hydrogen-bond donors (Lipinski definition) is 2. The molecule has 0 radical (unpaired) electrons. The van der Waals surface area contributed by atoms with Crippen LogP contribution in [-0.4, -0.2) is 38.7 Å². The molecular formula is C17H27N3O2. The first-order valence-corrected chi connectivity index (χ1v) is 7.94. The van der Waals surface area contributed by atoms with E-state index in [0.29, 0.717) is 12.5 Å². The summed E-state index contributed by atoms with van der Waals surface area (Å²) < 4.78 is 5.42. The van der Waals surface area contributed by atoms with Crippen LogP contribution < -0.4 is 20.7 Å². The summed E-state index contributed by atoms with van der Waals surface area (Å²) in [5.74, 6) is 1.46. The van der Waals surface area contributed by atoms with Gasteiger partial charge in [-0.05, 0) is 30.4 Å². The van der Waals surface area contributed by atoms with Crippen molar-refractivity contribution in [3.63, 3.8) is 0 Å². The molecule has 2 rings (SSSR count). The summed E-state index contributed by atoms with van der Waals surface area (Å²) in [6.45, 7) is 6.52. The normalized spacial score (nSPS) is 19.3. The Morgan fingerprint density at radius 2 is 2.18 bits per heavy atom. The van der Waals surface area contributed by atoms with Crippen LogP contribution >= 0.6 is 0 Å². The number of carbonyl (C=O) groups is 1. The highest BCUT2D eigenvalue weighted by Crippen LogP contribution is 2.31.